The van der Waals surface area contributed by atoms with Gasteiger partial charge >= 0.3 is 5.97 Å². The molecular weight excluding hydrogens is 404 g/mol. The Morgan fingerprint density at radius 2 is 2.00 bits per heavy atom. The van der Waals surface area contributed by atoms with E-state index in [2.05, 4.69) is 24.8 Å². The van der Waals surface area contributed by atoms with Crippen LogP contribution in [0, 0.1) is 12.8 Å². The lowest BCUT2D eigenvalue weighted by atomic mass is 9.96. The first-order valence-corrected chi connectivity index (χ1v) is 11.5. The summed E-state index contributed by atoms with van der Waals surface area (Å²) < 4.78 is 7.14. The Kier molecular flexibility index (Phi) is 6.46. The van der Waals surface area contributed by atoms with Gasteiger partial charge in [-0.15, -0.1) is 0 Å². The molecule has 7 heteroatoms. The number of aliphatic hydroxyl groups is 1. The average Bonchev–Trinajstić information content (AvgIpc) is 3.19. The number of anilines is 1. The van der Waals surface area contributed by atoms with Gasteiger partial charge in [0.25, 0.3) is 0 Å². The average molecular weight is 437 g/mol. The minimum Gasteiger partial charge on any atom is -0.461 e. The van der Waals surface area contributed by atoms with Gasteiger partial charge in [0.15, 0.2) is 11.3 Å². The van der Waals surface area contributed by atoms with E-state index in [-0.39, 0.29) is 12.5 Å². The first kappa shape index (κ1) is 22.3. The van der Waals surface area contributed by atoms with E-state index in [4.69, 9.17) is 14.8 Å². The largest absolute Gasteiger partial charge is 0.461 e. The molecule has 3 aromatic rings. The molecule has 0 bridgehead atoms. The van der Waals surface area contributed by atoms with Crippen LogP contribution in [0.25, 0.3) is 16.7 Å². The highest BCUT2D eigenvalue weighted by Gasteiger charge is 2.27. The molecule has 0 unspecified atom stereocenters. The molecule has 1 saturated heterocycles. The van der Waals surface area contributed by atoms with Gasteiger partial charge in [-0.1, -0.05) is 26.0 Å². The van der Waals surface area contributed by atoms with Crippen molar-refractivity contribution in [2.75, 3.05) is 31.2 Å². The zero-order chi connectivity index (χ0) is 22.8. The van der Waals surface area contributed by atoms with E-state index in [0.29, 0.717) is 23.9 Å². The quantitative estimate of drug-likeness (QED) is 0.582. The number of hydrogen-bond acceptors (Lipinski definition) is 6. The van der Waals surface area contributed by atoms with Crippen LogP contribution in [0.3, 0.4) is 0 Å². The van der Waals surface area contributed by atoms with Crippen molar-refractivity contribution in [3.63, 3.8) is 0 Å². The van der Waals surface area contributed by atoms with Crippen LogP contribution in [0.4, 0.5) is 5.69 Å². The van der Waals surface area contributed by atoms with Crippen LogP contribution in [0.2, 0.25) is 0 Å². The van der Waals surface area contributed by atoms with Crippen LogP contribution < -0.4 is 4.90 Å². The molecule has 7 nitrogen and oxygen atoms in total. The van der Waals surface area contributed by atoms with Crippen LogP contribution in [-0.4, -0.2) is 52.1 Å². The smallest absolute Gasteiger partial charge is 0.357 e. The maximum Gasteiger partial charge on any atom is 0.357 e. The minimum absolute atomic E-state index is 0.188. The fourth-order valence-corrected chi connectivity index (χ4v) is 4.38. The molecule has 1 aromatic carbocycles. The van der Waals surface area contributed by atoms with Crippen molar-refractivity contribution in [1.82, 2.24) is 14.8 Å². The Morgan fingerprint density at radius 1 is 1.25 bits per heavy atom. The number of carbonyl (C=O) groups is 1. The van der Waals surface area contributed by atoms with Gasteiger partial charge in [0.05, 0.1) is 29.1 Å². The third-order valence-corrected chi connectivity index (χ3v) is 6.14. The molecule has 4 rings (SSSR count). The summed E-state index contributed by atoms with van der Waals surface area (Å²) in [5.74, 6) is 0.0872. The molecule has 1 N–H and O–H groups in total. The van der Waals surface area contributed by atoms with Crippen molar-refractivity contribution in [2.24, 2.45) is 5.92 Å². The number of hydrogen-bond donors (Lipinski definition) is 1. The molecule has 0 radical (unpaired) electrons. The first-order valence-electron chi connectivity index (χ1n) is 11.5. The van der Waals surface area contributed by atoms with Crippen LogP contribution in [0.5, 0.6) is 0 Å². The van der Waals surface area contributed by atoms with Gasteiger partial charge in [0.1, 0.15) is 0 Å². The SMILES string of the molecule is CCOC(=O)c1cc(N2CCC(CO)CC2)c2c(C(C)C)nn(-c3cccc(C)c3)c2n1. The predicted molar refractivity (Wildman–Crippen MR) is 126 cm³/mol. The number of ether oxygens (including phenoxy) is 1. The lowest BCUT2D eigenvalue weighted by Gasteiger charge is -2.33. The molecule has 170 valence electrons. The normalized spacial score (nSPS) is 15.0. The Balaban J connectivity index is 1.95. The highest BCUT2D eigenvalue weighted by molar-refractivity contribution is 5.99. The molecule has 1 aliphatic heterocycles. The van der Waals surface area contributed by atoms with Gasteiger partial charge in [-0.25, -0.2) is 14.5 Å². The zero-order valence-electron chi connectivity index (χ0n) is 19.3. The molecule has 0 saturated carbocycles. The summed E-state index contributed by atoms with van der Waals surface area (Å²) in [6, 6.07) is 9.99. The summed E-state index contributed by atoms with van der Waals surface area (Å²) in [5, 5.41) is 15.5. The highest BCUT2D eigenvalue weighted by Crippen LogP contribution is 2.36. The molecule has 0 atom stereocenters. The monoisotopic (exact) mass is 436 g/mol. The fraction of sp³-hybridized carbons (Fsp3) is 0.480. The van der Waals surface area contributed by atoms with Crippen molar-refractivity contribution < 1.29 is 14.6 Å². The Morgan fingerprint density at radius 3 is 2.62 bits per heavy atom. The van der Waals surface area contributed by atoms with E-state index in [0.717, 1.165) is 53.9 Å². The summed E-state index contributed by atoms with van der Waals surface area (Å²) in [7, 11) is 0. The molecule has 2 aromatic heterocycles. The van der Waals surface area contributed by atoms with Crippen LogP contribution in [-0.2, 0) is 4.74 Å². The molecule has 32 heavy (non-hydrogen) atoms. The summed E-state index contributed by atoms with van der Waals surface area (Å²) in [6.45, 7) is 10.3. The third-order valence-electron chi connectivity index (χ3n) is 6.14. The number of nitrogens with zero attached hydrogens (tertiary/aromatic N) is 4. The van der Waals surface area contributed by atoms with Crippen molar-refractivity contribution in [1.29, 1.82) is 0 Å². The Labute approximate surface area is 189 Å². The third kappa shape index (κ3) is 4.21. The number of aromatic nitrogens is 3. The second-order valence-corrected chi connectivity index (χ2v) is 8.85. The molecule has 1 aliphatic rings. The van der Waals surface area contributed by atoms with E-state index in [9.17, 15) is 9.90 Å². The van der Waals surface area contributed by atoms with E-state index in [1.807, 2.05) is 35.9 Å². The summed E-state index contributed by atoms with van der Waals surface area (Å²) >= 11 is 0. The number of piperidine rings is 1. The number of esters is 1. The second kappa shape index (κ2) is 9.28. The van der Waals surface area contributed by atoms with E-state index >= 15 is 0 Å². The summed E-state index contributed by atoms with van der Waals surface area (Å²) in [4.78, 5) is 19.7. The van der Waals surface area contributed by atoms with Gasteiger partial charge in [-0.05, 0) is 62.3 Å². The standard InChI is InChI=1S/C25H32N4O3/c1-5-32-25(31)20-14-21(28-11-9-18(15-30)10-12-28)22-23(16(2)3)27-29(24(22)26-20)19-8-6-7-17(4)13-19/h6-8,13-14,16,18,30H,5,9-12,15H2,1-4H3. The van der Waals surface area contributed by atoms with Gasteiger partial charge in [0.2, 0.25) is 0 Å². The van der Waals surface area contributed by atoms with Gasteiger partial charge < -0.3 is 14.7 Å². The van der Waals surface area contributed by atoms with Crippen molar-refractivity contribution in [3.05, 3.63) is 47.3 Å². The topological polar surface area (TPSA) is 80.5 Å². The van der Waals surface area contributed by atoms with Crippen LogP contribution in [0.1, 0.15) is 61.3 Å². The van der Waals surface area contributed by atoms with Crippen LogP contribution >= 0.6 is 0 Å². The predicted octanol–water partition coefficient (Wildman–Crippen LogP) is 4.24. The van der Waals surface area contributed by atoms with Gasteiger partial charge in [-0.2, -0.15) is 5.10 Å². The number of carbonyl (C=O) groups excluding carboxylic acids is 1. The Hall–Kier alpha value is -2.93. The van der Waals surface area contributed by atoms with E-state index in [1.54, 1.807) is 6.92 Å². The van der Waals surface area contributed by atoms with Crippen LogP contribution in [0.15, 0.2) is 30.3 Å². The molecule has 0 amide bonds. The fourth-order valence-electron chi connectivity index (χ4n) is 4.38. The maximum absolute atomic E-state index is 12.7. The number of fused-ring (bicyclic) bond motifs is 1. The molecule has 0 spiro atoms. The number of pyridine rings is 1. The highest BCUT2D eigenvalue weighted by atomic mass is 16.5. The minimum atomic E-state index is -0.427. The number of aliphatic hydroxyl groups excluding tert-OH is 1. The maximum atomic E-state index is 12.7. The van der Waals surface area contributed by atoms with Crippen molar-refractivity contribution in [3.8, 4) is 5.69 Å². The number of benzene rings is 1. The van der Waals surface area contributed by atoms with E-state index < -0.39 is 5.97 Å². The van der Waals surface area contributed by atoms with Gasteiger partial charge in [-0.3, -0.25) is 0 Å². The lowest BCUT2D eigenvalue weighted by molar-refractivity contribution is 0.0520. The number of rotatable bonds is 6. The molecular formula is C25H32N4O3. The molecule has 0 aliphatic carbocycles. The lowest BCUT2D eigenvalue weighted by Crippen LogP contribution is -2.35. The van der Waals surface area contributed by atoms with Gasteiger partial charge in [0, 0.05) is 19.7 Å². The summed E-state index contributed by atoms with van der Waals surface area (Å²) in [5.41, 5.74) is 4.94. The molecule has 3 heterocycles. The Bertz CT molecular complexity index is 1110. The first-order chi connectivity index (χ1) is 15.4. The van der Waals surface area contributed by atoms with E-state index in [1.165, 1.54) is 0 Å². The second-order valence-electron chi connectivity index (χ2n) is 8.85. The zero-order valence-corrected chi connectivity index (χ0v) is 19.3. The van der Waals surface area contributed by atoms with Crippen molar-refractivity contribution in [2.45, 2.75) is 46.5 Å². The summed E-state index contributed by atoms with van der Waals surface area (Å²) in [6.07, 6.45) is 1.83. The molecule has 1 fully saturated rings. The van der Waals surface area contributed by atoms with Crippen molar-refractivity contribution >= 4 is 22.7 Å². The number of aryl methyl sites for hydroxylation is 1.